The molecule has 0 saturated heterocycles. The molecule has 0 fully saturated rings. The molecule has 3 aromatic rings. The van der Waals surface area contributed by atoms with Crippen LogP contribution >= 0.6 is 23.2 Å². The third-order valence-electron chi connectivity index (χ3n) is 4.18. The monoisotopic (exact) mass is 404 g/mol. The van der Waals surface area contributed by atoms with Crippen LogP contribution in [0.4, 0.5) is 0 Å². The van der Waals surface area contributed by atoms with Gasteiger partial charge in [0, 0.05) is 10.6 Å². The van der Waals surface area contributed by atoms with Crippen LogP contribution in [0, 0.1) is 5.92 Å². The molecule has 0 bridgehead atoms. The van der Waals surface area contributed by atoms with Crippen molar-refractivity contribution < 1.29 is 18.8 Å². The Hall–Kier alpha value is -2.57. The van der Waals surface area contributed by atoms with Gasteiger partial charge in [-0.3, -0.25) is 4.79 Å². The molecule has 4 rings (SSSR count). The van der Waals surface area contributed by atoms with Gasteiger partial charge in [-0.2, -0.15) is 4.98 Å². The number of benzene rings is 2. The maximum atomic E-state index is 12.4. The molecule has 1 aliphatic heterocycles. The lowest BCUT2D eigenvalue weighted by Crippen LogP contribution is -2.29. The molecule has 0 spiro atoms. The van der Waals surface area contributed by atoms with Gasteiger partial charge in [-0.05, 0) is 42.3 Å². The van der Waals surface area contributed by atoms with Crippen LogP contribution in [0.25, 0.3) is 11.4 Å². The van der Waals surface area contributed by atoms with E-state index >= 15 is 0 Å². The number of aromatic nitrogens is 2. The van der Waals surface area contributed by atoms with Crippen molar-refractivity contribution in [3.05, 3.63) is 64.0 Å². The predicted octanol–water partition coefficient (Wildman–Crippen LogP) is 4.34. The standard InChI is InChI=1S/C19H14Cl2N2O4/c20-13-5-6-16-11(8-13)7-12(9-25-16)19(24)26-10-17-22-18(23-27-17)14-3-1-2-4-15(14)21/h1-6,8,12H,7,9-10H2/t12-/m1/s1. The molecule has 2 aromatic carbocycles. The molecule has 0 unspecified atom stereocenters. The average Bonchev–Trinajstić information content (AvgIpc) is 3.14. The highest BCUT2D eigenvalue weighted by Gasteiger charge is 2.28. The average molecular weight is 405 g/mol. The normalized spacial score (nSPS) is 15.7. The Balaban J connectivity index is 1.38. The Morgan fingerprint density at radius 2 is 2.07 bits per heavy atom. The van der Waals surface area contributed by atoms with Crippen LogP contribution in [0.1, 0.15) is 11.5 Å². The minimum Gasteiger partial charge on any atom is -0.492 e. The van der Waals surface area contributed by atoms with E-state index in [2.05, 4.69) is 10.1 Å². The van der Waals surface area contributed by atoms with E-state index in [-0.39, 0.29) is 19.1 Å². The summed E-state index contributed by atoms with van der Waals surface area (Å²) in [6.45, 7) is 0.136. The molecule has 0 aliphatic carbocycles. The molecule has 138 valence electrons. The molecule has 0 radical (unpaired) electrons. The third kappa shape index (κ3) is 3.91. The van der Waals surface area contributed by atoms with Crippen LogP contribution in [0.5, 0.6) is 5.75 Å². The summed E-state index contributed by atoms with van der Waals surface area (Å²) in [6.07, 6.45) is 0.503. The first kappa shape index (κ1) is 17.8. The Bertz CT molecular complexity index is 989. The Morgan fingerprint density at radius 1 is 1.22 bits per heavy atom. The van der Waals surface area contributed by atoms with Crippen LogP contribution in [0.3, 0.4) is 0 Å². The molecular formula is C19H14Cl2N2O4. The summed E-state index contributed by atoms with van der Waals surface area (Å²) in [5.41, 5.74) is 1.53. The van der Waals surface area contributed by atoms with Crippen molar-refractivity contribution in [2.45, 2.75) is 13.0 Å². The maximum absolute atomic E-state index is 12.4. The van der Waals surface area contributed by atoms with Crippen LogP contribution in [0.2, 0.25) is 10.0 Å². The van der Waals surface area contributed by atoms with Crippen molar-refractivity contribution >= 4 is 29.2 Å². The molecular weight excluding hydrogens is 391 g/mol. The molecule has 2 heterocycles. The largest absolute Gasteiger partial charge is 0.492 e. The summed E-state index contributed by atoms with van der Waals surface area (Å²) < 4.78 is 16.1. The Morgan fingerprint density at radius 3 is 2.93 bits per heavy atom. The fourth-order valence-electron chi connectivity index (χ4n) is 2.83. The molecule has 8 heteroatoms. The lowest BCUT2D eigenvalue weighted by atomic mass is 9.97. The van der Waals surface area contributed by atoms with Crippen LogP contribution in [0.15, 0.2) is 47.0 Å². The van der Waals surface area contributed by atoms with E-state index in [0.717, 1.165) is 11.3 Å². The van der Waals surface area contributed by atoms with E-state index in [1.54, 1.807) is 30.3 Å². The molecule has 0 saturated carbocycles. The molecule has 1 atom stereocenters. The highest BCUT2D eigenvalue weighted by molar-refractivity contribution is 6.33. The highest BCUT2D eigenvalue weighted by atomic mass is 35.5. The van der Waals surface area contributed by atoms with Gasteiger partial charge in [-0.1, -0.05) is 40.5 Å². The quantitative estimate of drug-likeness (QED) is 0.602. The number of halogens is 2. The number of carbonyl (C=O) groups excluding carboxylic acids is 1. The molecule has 27 heavy (non-hydrogen) atoms. The van der Waals surface area contributed by atoms with Crippen molar-refractivity contribution in [1.29, 1.82) is 0 Å². The van der Waals surface area contributed by atoms with E-state index in [1.807, 2.05) is 12.1 Å². The Kier molecular flexibility index (Phi) is 5.01. The van der Waals surface area contributed by atoms with Gasteiger partial charge in [0.25, 0.3) is 5.89 Å². The molecule has 1 aliphatic rings. The predicted molar refractivity (Wildman–Crippen MR) is 98.7 cm³/mol. The zero-order valence-electron chi connectivity index (χ0n) is 14.0. The number of hydrogen-bond donors (Lipinski definition) is 0. The number of esters is 1. The van der Waals surface area contributed by atoms with Gasteiger partial charge in [0.05, 0.1) is 10.9 Å². The summed E-state index contributed by atoms with van der Waals surface area (Å²) in [7, 11) is 0. The SMILES string of the molecule is O=C(OCc1nc(-c2ccccc2Cl)no1)[C@H]1COc2ccc(Cl)cc2C1. The van der Waals surface area contributed by atoms with Gasteiger partial charge in [-0.25, -0.2) is 0 Å². The summed E-state index contributed by atoms with van der Waals surface area (Å²) >= 11 is 12.1. The number of fused-ring (bicyclic) bond motifs is 1. The van der Waals surface area contributed by atoms with Gasteiger partial charge < -0.3 is 14.0 Å². The van der Waals surface area contributed by atoms with Gasteiger partial charge in [0.15, 0.2) is 6.61 Å². The van der Waals surface area contributed by atoms with E-state index < -0.39 is 11.9 Å². The highest BCUT2D eigenvalue weighted by Crippen LogP contribution is 2.30. The zero-order valence-corrected chi connectivity index (χ0v) is 15.5. The van der Waals surface area contributed by atoms with E-state index in [4.69, 9.17) is 37.2 Å². The summed E-state index contributed by atoms with van der Waals surface area (Å²) in [5.74, 6) is 0.472. The molecule has 0 amide bonds. The van der Waals surface area contributed by atoms with Crippen molar-refractivity contribution in [1.82, 2.24) is 10.1 Å². The van der Waals surface area contributed by atoms with Gasteiger partial charge >= 0.3 is 5.97 Å². The first-order valence-electron chi connectivity index (χ1n) is 8.25. The fourth-order valence-corrected chi connectivity index (χ4v) is 3.25. The van der Waals surface area contributed by atoms with Crippen LogP contribution in [-0.2, 0) is 22.6 Å². The molecule has 6 nitrogen and oxygen atoms in total. The Labute approximate surface area is 165 Å². The van der Waals surface area contributed by atoms with Crippen molar-refractivity contribution in [2.75, 3.05) is 6.61 Å². The fraction of sp³-hybridized carbons (Fsp3) is 0.211. The second-order valence-corrected chi connectivity index (χ2v) is 6.91. The molecule has 1 aromatic heterocycles. The summed E-state index contributed by atoms with van der Waals surface area (Å²) in [5, 5.41) is 4.99. The lowest BCUT2D eigenvalue weighted by Gasteiger charge is -2.23. The van der Waals surface area contributed by atoms with Crippen molar-refractivity contribution in [3.63, 3.8) is 0 Å². The maximum Gasteiger partial charge on any atom is 0.313 e. The van der Waals surface area contributed by atoms with Crippen LogP contribution in [-0.4, -0.2) is 22.7 Å². The second kappa shape index (κ2) is 7.58. The smallest absolute Gasteiger partial charge is 0.313 e. The first-order chi connectivity index (χ1) is 13.1. The van der Waals surface area contributed by atoms with Gasteiger partial charge in [0.1, 0.15) is 12.4 Å². The number of carbonyl (C=O) groups is 1. The van der Waals surface area contributed by atoms with Gasteiger partial charge in [0.2, 0.25) is 5.82 Å². The van der Waals surface area contributed by atoms with Crippen molar-refractivity contribution in [2.24, 2.45) is 5.92 Å². The number of rotatable bonds is 4. The van der Waals surface area contributed by atoms with Gasteiger partial charge in [-0.15, -0.1) is 0 Å². The molecule has 0 N–H and O–H groups in total. The van der Waals surface area contributed by atoms with E-state index in [0.29, 0.717) is 27.9 Å². The zero-order chi connectivity index (χ0) is 18.8. The number of nitrogens with zero attached hydrogens (tertiary/aromatic N) is 2. The lowest BCUT2D eigenvalue weighted by molar-refractivity contribution is -0.152. The van der Waals surface area contributed by atoms with E-state index in [9.17, 15) is 4.79 Å². The van der Waals surface area contributed by atoms with Crippen molar-refractivity contribution in [3.8, 4) is 17.1 Å². The number of ether oxygens (including phenoxy) is 2. The minimum atomic E-state index is -0.415. The minimum absolute atomic E-state index is 0.116. The van der Waals surface area contributed by atoms with Crippen LogP contribution < -0.4 is 4.74 Å². The third-order valence-corrected chi connectivity index (χ3v) is 4.75. The summed E-state index contributed by atoms with van der Waals surface area (Å²) in [6, 6.07) is 12.5. The topological polar surface area (TPSA) is 74.5 Å². The second-order valence-electron chi connectivity index (χ2n) is 6.06. The number of hydrogen-bond acceptors (Lipinski definition) is 6. The first-order valence-corrected chi connectivity index (χ1v) is 9.01. The summed E-state index contributed by atoms with van der Waals surface area (Å²) in [4.78, 5) is 16.6. The van der Waals surface area contributed by atoms with E-state index in [1.165, 1.54) is 0 Å².